The number of methoxy groups -OCH3 is 1. The smallest absolute Gasteiger partial charge is 0.119 e. The number of hydrogen-bond donors (Lipinski definition) is 0. The Morgan fingerprint density at radius 2 is 1.72 bits per heavy atom. The molecule has 1 aliphatic rings. The second-order valence-electron chi connectivity index (χ2n) is 7.14. The summed E-state index contributed by atoms with van der Waals surface area (Å²) in [5.41, 5.74) is 5.38. The first-order valence-corrected chi connectivity index (χ1v) is 11.7. The van der Waals surface area contributed by atoms with E-state index in [0.29, 0.717) is 5.56 Å². The number of rotatable bonds is 6. The predicted molar refractivity (Wildman–Crippen MR) is 138 cm³/mol. The molecule has 0 amide bonds. The second-order valence-corrected chi connectivity index (χ2v) is 7.14. The van der Waals surface area contributed by atoms with Crippen molar-refractivity contribution < 1.29 is 4.74 Å². The first-order chi connectivity index (χ1) is 15.6. The summed E-state index contributed by atoms with van der Waals surface area (Å²) in [6.45, 7) is 16.1. The number of fused-ring (bicyclic) bond motifs is 1. The van der Waals surface area contributed by atoms with Crippen molar-refractivity contribution in [3.63, 3.8) is 0 Å². The van der Waals surface area contributed by atoms with Gasteiger partial charge in [-0.1, -0.05) is 39.8 Å². The second kappa shape index (κ2) is 13.4. The molecular weight excluding hydrogens is 394 g/mol. The summed E-state index contributed by atoms with van der Waals surface area (Å²) >= 11 is 0. The van der Waals surface area contributed by atoms with E-state index in [4.69, 9.17) is 10.00 Å². The Morgan fingerprint density at radius 1 is 1.06 bits per heavy atom. The van der Waals surface area contributed by atoms with Gasteiger partial charge in [-0.15, -0.1) is 0 Å². The number of aliphatic imine (C=N–C) groups is 1. The number of allylic oxidation sites excluding steroid dienone is 2. The molecule has 0 N–H and O–H groups in total. The minimum Gasteiger partial charge on any atom is -0.497 e. The molecule has 4 heteroatoms. The fraction of sp³-hybridized carbons (Fsp3) is 0.429. The molecule has 0 saturated carbocycles. The van der Waals surface area contributed by atoms with Crippen LogP contribution in [0.2, 0.25) is 0 Å². The number of anilines is 1. The molecule has 2 aromatic carbocycles. The van der Waals surface area contributed by atoms with Crippen molar-refractivity contribution >= 4 is 11.9 Å². The van der Waals surface area contributed by atoms with Crippen molar-refractivity contribution in [1.29, 1.82) is 5.26 Å². The summed E-state index contributed by atoms with van der Waals surface area (Å²) in [5.74, 6) is 0.865. The van der Waals surface area contributed by atoms with Crippen LogP contribution in [-0.4, -0.2) is 26.4 Å². The van der Waals surface area contributed by atoms with Gasteiger partial charge in [0.05, 0.1) is 18.7 Å². The summed E-state index contributed by atoms with van der Waals surface area (Å²) in [6.07, 6.45) is 4.89. The van der Waals surface area contributed by atoms with Crippen molar-refractivity contribution in [3.8, 4) is 11.8 Å². The van der Waals surface area contributed by atoms with Crippen molar-refractivity contribution in [2.24, 2.45) is 4.99 Å². The van der Waals surface area contributed by atoms with E-state index in [-0.39, 0.29) is 5.41 Å². The third-order valence-electron chi connectivity index (χ3n) is 5.42. The Hall–Kier alpha value is -3.06. The highest BCUT2D eigenvalue weighted by atomic mass is 16.5. The van der Waals surface area contributed by atoms with Gasteiger partial charge >= 0.3 is 0 Å². The lowest BCUT2D eigenvalue weighted by Gasteiger charge is -2.30. The summed E-state index contributed by atoms with van der Waals surface area (Å²) in [6, 6.07) is 16.4. The molecule has 3 rings (SSSR count). The summed E-state index contributed by atoms with van der Waals surface area (Å²) < 4.78 is 5.52. The van der Waals surface area contributed by atoms with Crippen molar-refractivity contribution in [2.45, 2.75) is 60.3 Å². The van der Waals surface area contributed by atoms with Gasteiger partial charge in [0.1, 0.15) is 5.75 Å². The molecule has 1 atom stereocenters. The number of hydrogen-bond acceptors (Lipinski definition) is 4. The molecule has 0 radical (unpaired) electrons. The minimum atomic E-state index is -0.214. The van der Waals surface area contributed by atoms with Gasteiger partial charge in [-0.2, -0.15) is 5.26 Å². The molecule has 0 spiro atoms. The number of nitriles is 1. The quantitative estimate of drug-likeness (QED) is 0.464. The Kier molecular flexibility index (Phi) is 11.3. The van der Waals surface area contributed by atoms with E-state index in [2.05, 4.69) is 60.2 Å². The molecular formula is C28H39N3O. The lowest BCUT2D eigenvalue weighted by molar-refractivity contribution is 0.413. The average molecular weight is 434 g/mol. The van der Waals surface area contributed by atoms with Crippen molar-refractivity contribution in [1.82, 2.24) is 0 Å². The van der Waals surface area contributed by atoms with E-state index in [0.717, 1.165) is 25.3 Å². The van der Waals surface area contributed by atoms with Gasteiger partial charge in [0.25, 0.3) is 0 Å². The lowest BCUT2D eigenvalue weighted by Crippen LogP contribution is -2.30. The molecule has 0 saturated heterocycles. The van der Waals surface area contributed by atoms with Crippen LogP contribution in [0.25, 0.3) is 0 Å². The van der Waals surface area contributed by atoms with E-state index in [9.17, 15) is 0 Å². The van der Waals surface area contributed by atoms with Gasteiger partial charge < -0.3 is 9.64 Å². The fourth-order valence-electron chi connectivity index (χ4n) is 4.02. The van der Waals surface area contributed by atoms with Crippen LogP contribution in [0.15, 0.2) is 59.2 Å². The van der Waals surface area contributed by atoms with Gasteiger partial charge in [-0.05, 0) is 74.7 Å². The number of likely N-dealkylation sites (N-methyl/N-ethyl adjacent to an activating group) is 1. The molecule has 0 aliphatic carbocycles. The maximum atomic E-state index is 9.09. The molecule has 0 fully saturated rings. The molecule has 172 valence electrons. The van der Waals surface area contributed by atoms with E-state index in [1.54, 1.807) is 7.11 Å². The SMILES string of the molecule is CC.CC.CCN=C/C=C1\N(CC)c2ccc(OC)cc2C1(C)Cc1ccc(C#N)cc1. The Balaban J connectivity index is 0.00000121. The highest BCUT2D eigenvalue weighted by Crippen LogP contribution is 2.50. The number of benzene rings is 2. The average Bonchev–Trinajstić information content (AvgIpc) is 3.08. The molecule has 0 bridgehead atoms. The molecule has 1 aliphatic heterocycles. The number of nitrogens with zero attached hydrogens (tertiary/aromatic N) is 3. The van der Waals surface area contributed by atoms with Crippen LogP contribution in [0.1, 0.15) is 65.2 Å². The molecule has 0 aromatic heterocycles. The van der Waals surface area contributed by atoms with Crippen LogP contribution in [0.3, 0.4) is 0 Å². The van der Waals surface area contributed by atoms with E-state index in [1.165, 1.54) is 22.5 Å². The minimum absolute atomic E-state index is 0.214. The van der Waals surface area contributed by atoms with Crippen LogP contribution in [-0.2, 0) is 11.8 Å². The predicted octanol–water partition coefficient (Wildman–Crippen LogP) is 6.93. The standard InChI is InChI=1S/C24H27N3O.2C2H6/c1-5-26-14-13-23-24(3,16-18-7-9-19(17-25)10-8-18)21-15-20(28-4)11-12-22(21)27(23)6-2;2*1-2/h7-15H,5-6,16H2,1-4H3;2*1-2H3/b23-13-,26-14?;;. The summed E-state index contributed by atoms with van der Waals surface area (Å²) in [7, 11) is 1.71. The Morgan fingerprint density at radius 3 is 2.25 bits per heavy atom. The normalized spacial score (nSPS) is 17.7. The highest BCUT2D eigenvalue weighted by Gasteiger charge is 2.43. The number of ether oxygens (including phenoxy) is 1. The maximum Gasteiger partial charge on any atom is 0.119 e. The maximum absolute atomic E-state index is 9.09. The van der Waals surface area contributed by atoms with Crippen LogP contribution < -0.4 is 9.64 Å². The zero-order chi connectivity index (χ0) is 24.1. The summed E-state index contributed by atoms with van der Waals surface area (Å²) in [4.78, 5) is 6.77. The lowest BCUT2D eigenvalue weighted by atomic mass is 9.76. The highest BCUT2D eigenvalue weighted by molar-refractivity contribution is 5.80. The van der Waals surface area contributed by atoms with Crippen LogP contribution in [0, 0.1) is 11.3 Å². The van der Waals surface area contributed by atoms with Gasteiger partial charge in [0, 0.05) is 36.1 Å². The monoisotopic (exact) mass is 433 g/mol. The van der Waals surface area contributed by atoms with Crippen LogP contribution >= 0.6 is 0 Å². The van der Waals surface area contributed by atoms with Crippen LogP contribution in [0.5, 0.6) is 5.75 Å². The van der Waals surface area contributed by atoms with Gasteiger partial charge in [0.2, 0.25) is 0 Å². The van der Waals surface area contributed by atoms with E-state index >= 15 is 0 Å². The van der Waals surface area contributed by atoms with E-state index < -0.39 is 0 Å². The topological polar surface area (TPSA) is 48.6 Å². The van der Waals surface area contributed by atoms with Gasteiger partial charge in [-0.25, -0.2) is 0 Å². The fourth-order valence-corrected chi connectivity index (χ4v) is 4.02. The van der Waals surface area contributed by atoms with E-state index in [1.807, 2.05) is 59.0 Å². The third-order valence-corrected chi connectivity index (χ3v) is 5.42. The largest absolute Gasteiger partial charge is 0.497 e. The molecule has 32 heavy (non-hydrogen) atoms. The molecule has 4 nitrogen and oxygen atoms in total. The first-order valence-electron chi connectivity index (χ1n) is 11.7. The van der Waals surface area contributed by atoms with Crippen LogP contribution in [0.4, 0.5) is 5.69 Å². The Labute approximate surface area is 195 Å². The molecule has 2 aromatic rings. The zero-order valence-corrected chi connectivity index (χ0v) is 21.1. The third kappa shape index (κ3) is 5.79. The van der Waals surface area contributed by atoms with Gasteiger partial charge in [0.15, 0.2) is 0 Å². The summed E-state index contributed by atoms with van der Waals surface area (Å²) in [5, 5.41) is 9.09. The van der Waals surface area contributed by atoms with Crippen molar-refractivity contribution in [3.05, 3.63) is 70.9 Å². The Bertz CT molecular complexity index is 938. The molecule has 1 heterocycles. The first kappa shape index (κ1) is 27.0. The van der Waals surface area contributed by atoms with Gasteiger partial charge in [-0.3, -0.25) is 4.99 Å². The zero-order valence-electron chi connectivity index (χ0n) is 21.1. The van der Waals surface area contributed by atoms with Crippen molar-refractivity contribution in [2.75, 3.05) is 25.1 Å². The molecule has 1 unspecified atom stereocenters.